The summed E-state index contributed by atoms with van der Waals surface area (Å²) in [6, 6.07) is 4.37. The van der Waals surface area contributed by atoms with Gasteiger partial charge >= 0.3 is 18.1 Å². The van der Waals surface area contributed by atoms with Gasteiger partial charge in [-0.15, -0.1) is 6.42 Å². The molecule has 0 unspecified atom stereocenters. The molecule has 0 spiro atoms. The van der Waals surface area contributed by atoms with Crippen LogP contribution in [0.4, 0.5) is 13.2 Å². The lowest BCUT2D eigenvalue weighted by Crippen LogP contribution is -2.47. The van der Waals surface area contributed by atoms with Crippen LogP contribution in [0, 0.1) is 12.3 Å². The number of nitrogens with one attached hydrogen (secondary N) is 1. The number of carbonyl (C=O) groups is 2. The summed E-state index contributed by atoms with van der Waals surface area (Å²) in [7, 11) is 0. The number of aliphatic carboxylic acids is 1. The van der Waals surface area contributed by atoms with E-state index >= 15 is 0 Å². The third-order valence-electron chi connectivity index (χ3n) is 2.42. The Morgan fingerprint density at radius 3 is 2.25 bits per heavy atom. The molecule has 0 fully saturated rings. The largest absolute Gasteiger partial charge is 0.480 e. The molecule has 20 heavy (non-hydrogen) atoms. The molecule has 0 bridgehead atoms. The van der Waals surface area contributed by atoms with Crippen LogP contribution in [-0.4, -0.2) is 29.2 Å². The first-order valence-corrected chi connectivity index (χ1v) is 5.40. The first-order valence-electron chi connectivity index (χ1n) is 5.40. The number of hydrogen-bond donors (Lipinski definition) is 2. The average molecular weight is 285 g/mol. The maximum Gasteiger partial charge on any atom is 0.471 e. The highest BCUT2D eigenvalue weighted by molar-refractivity contribution is 5.87. The van der Waals surface area contributed by atoms with Gasteiger partial charge in [0.05, 0.1) is 0 Å². The first kappa shape index (κ1) is 15.6. The summed E-state index contributed by atoms with van der Waals surface area (Å²) >= 11 is 0. The van der Waals surface area contributed by atoms with Gasteiger partial charge in [0.15, 0.2) is 0 Å². The van der Waals surface area contributed by atoms with Gasteiger partial charge in [-0.05, 0) is 17.7 Å². The van der Waals surface area contributed by atoms with E-state index < -0.39 is 24.1 Å². The number of benzene rings is 1. The van der Waals surface area contributed by atoms with Crippen molar-refractivity contribution in [3.8, 4) is 12.3 Å². The van der Waals surface area contributed by atoms with Crippen molar-refractivity contribution in [3.63, 3.8) is 0 Å². The van der Waals surface area contributed by atoms with E-state index in [1.165, 1.54) is 29.6 Å². The van der Waals surface area contributed by atoms with Crippen LogP contribution < -0.4 is 5.32 Å². The fraction of sp³-hybridized carbons (Fsp3) is 0.231. The average Bonchev–Trinajstić information content (AvgIpc) is 2.37. The standard InChI is InChI=1S/C13H10F3NO3/c1-2-8-3-5-9(6-4-8)7-10(11(18)19)17-12(20)13(14,15)16/h1,3-6,10H,7H2,(H,17,20)(H,18,19)/t10-/m0/s1. The molecular weight excluding hydrogens is 275 g/mol. The molecule has 0 aromatic heterocycles. The number of carbonyl (C=O) groups excluding carboxylic acids is 1. The first-order chi connectivity index (χ1) is 9.24. The number of alkyl halides is 3. The maximum absolute atomic E-state index is 12.1. The predicted molar refractivity (Wildman–Crippen MR) is 63.7 cm³/mol. The van der Waals surface area contributed by atoms with E-state index in [0.717, 1.165) is 0 Å². The summed E-state index contributed by atoms with van der Waals surface area (Å²) in [5.74, 6) is -1.49. The fourth-order valence-electron chi connectivity index (χ4n) is 1.41. The van der Waals surface area contributed by atoms with E-state index in [0.29, 0.717) is 11.1 Å². The molecule has 0 heterocycles. The molecule has 2 N–H and O–H groups in total. The van der Waals surface area contributed by atoms with Gasteiger partial charge in [0.25, 0.3) is 0 Å². The Bertz CT molecular complexity index is 543. The van der Waals surface area contributed by atoms with Crippen molar-refractivity contribution in [2.45, 2.75) is 18.6 Å². The van der Waals surface area contributed by atoms with E-state index in [-0.39, 0.29) is 6.42 Å². The quantitative estimate of drug-likeness (QED) is 0.820. The van der Waals surface area contributed by atoms with Gasteiger partial charge in [-0.1, -0.05) is 18.1 Å². The second-order valence-electron chi connectivity index (χ2n) is 3.91. The van der Waals surface area contributed by atoms with Crippen molar-refractivity contribution in [3.05, 3.63) is 35.4 Å². The molecule has 7 heteroatoms. The van der Waals surface area contributed by atoms with Gasteiger partial charge in [0.1, 0.15) is 6.04 Å². The summed E-state index contributed by atoms with van der Waals surface area (Å²) < 4.78 is 36.2. The van der Waals surface area contributed by atoms with Crippen molar-refractivity contribution in [1.29, 1.82) is 0 Å². The topological polar surface area (TPSA) is 66.4 Å². The molecular formula is C13H10F3NO3. The molecule has 1 aromatic carbocycles. The molecule has 0 saturated heterocycles. The molecule has 0 aliphatic rings. The Balaban J connectivity index is 2.80. The molecule has 0 saturated carbocycles. The summed E-state index contributed by atoms with van der Waals surface area (Å²) in [5, 5.41) is 10.3. The Labute approximate surface area is 112 Å². The number of rotatable bonds is 4. The third-order valence-corrected chi connectivity index (χ3v) is 2.42. The summed E-state index contributed by atoms with van der Waals surface area (Å²) in [6.07, 6.45) is -0.263. The SMILES string of the molecule is C#Cc1ccc(C[C@H](NC(=O)C(F)(F)F)C(=O)O)cc1. The number of amides is 1. The third kappa shape index (κ3) is 4.31. The monoisotopic (exact) mass is 285 g/mol. The predicted octanol–water partition coefficient (Wildman–Crippen LogP) is 1.34. The highest BCUT2D eigenvalue weighted by atomic mass is 19.4. The smallest absolute Gasteiger partial charge is 0.471 e. The van der Waals surface area contributed by atoms with E-state index in [2.05, 4.69) is 5.92 Å². The lowest BCUT2D eigenvalue weighted by atomic mass is 10.0. The Morgan fingerprint density at radius 1 is 1.30 bits per heavy atom. The van der Waals surface area contributed by atoms with Gasteiger partial charge in [0, 0.05) is 12.0 Å². The van der Waals surface area contributed by atoms with Crippen molar-refractivity contribution in [2.75, 3.05) is 0 Å². The molecule has 4 nitrogen and oxygen atoms in total. The minimum Gasteiger partial charge on any atom is -0.480 e. The molecule has 106 valence electrons. The van der Waals surface area contributed by atoms with E-state index in [1.54, 1.807) is 0 Å². The summed E-state index contributed by atoms with van der Waals surface area (Å²) in [5.41, 5.74) is 0.999. The molecule has 0 radical (unpaired) electrons. The number of halogens is 3. The molecule has 1 aromatic rings. The number of hydrogen-bond acceptors (Lipinski definition) is 2. The normalized spacial score (nSPS) is 12.3. The van der Waals surface area contributed by atoms with Crippen molar-refractivity contribution >= 4 is 11.9 Å². The number of terminal acetylenes is 1. The Kier molecular flexibility index (Phi) is 4.75. The van der Waals surface area contributed by atoms with Crippen LogP contribution in [0.3, 0.4) is 0 Å². The van der Waals surface area contributed by atoms with Gasteiger partial charge < -0.3 is 10.4 Å². The van der Waals surface area contributed by atoms with Gasteiger partial charge in [0.2, 0.25) is 0 Å². The molecule has 0 aliphatic heterocycles. The van der Waals surface area contributed by atoms with Crippen LogP contribution in [0.5, 0.6) is 0 Å². The van der Waals surface area contributed by atoms with Crippen LogP contribution in [0.25, 0.3) is 0 Å². The van der Waals surface area contributed by atoms with Crippen LogP contribution in [0.1, 0.15) is 11.1 Å². The molecule has 0 aliphatic carbocycles. The van der Waals surface area contributed by atoms with Gasteiger partial charge in [-0.25, -0.2) is 4.79 Å². The minimum atomic E-state index is -5.12. The second-order valence-corrected chi connectivity index (χ2v) is 3.91. The van der Waals surface area contributed by atoms with Gasteiger partial charge in [-0.3, -0.25) is 4.79 Å². The zero-order chi connectivity index (χ0) is 15.3. The lowest BCUT2D eigenvalue weighted by Gasteiger charge is -2.15. The van der Waals surface area contributed by atoms with Gasteiger partial charge in [-0.2, -0.15) is 13.2 Å². The molecule has 1 amide bonds. The Hall–Kier alpha value is -2.49. The molecule has 1 atom stereocenters. The number of carboxylic acids is 1. The maximum atomic E-state index is 12.1. The minimum absolute atomic E-state index is 0.276. The zero-order valence-corrected chi connectivity index (χ0v) is 10.1. The van der Waals surface area contributed by atoms with Crippen LogP contribution >= 0.6 is 0 Å². The lowest BCUT2D eigenvalue weighted by molar-refractivity contribution is -0.175. The van der Waals surface area contributed by atoms with Crippen molar-refractivity contribution < 1.29 is 27.9 Å². The molecule has 1 rings (SSSR count). The van der Waals surface area contributed by atoms with Crippen molar-refractivity contribution in [1.82, 2.24) is 5.32 Å². The van der Waals surface area contributed by atoms with Crippen molar-refractivity contribution in [2.24, 2.45) is 0 Å². The van der Waals surface area contributed by atoms with E-state index in [4.69, 9.17) is 11.5 Å². The zero-order valence-electron chi connectivity index (χ0n) is 10.1. The highest BCUT2D eigenvalue weighted by Crippen LogP contribution is 2.15. The summed E-state index contributed by atoms with van der Waals surface area (Å²) in [4.78, 5) is 21.6. The highest BCUT2D eigenvalue weighted by Gasteiger charge is 2.40. The summed E-state index contributed by atoms with van der Waals surface area (Å²) in [6.45, 7) is 0. The van der Waals surface area contributed by atoms with Crippen LogP contribution in [0.2, 0.25) is 0 Å². The fourth-order valence-corrected chi connectivity index (χ4v) is 1.41. The van der Waals surface area contributed by atoms with Crippen LogP contribution in [0.15, 0.2) is 24.3 Å². The number of carboxylic acid groups (broad SMARTS) is 1. The van der Waals surface area contributed by atoms with Crippen LogP contribution in [-0.2, 0) is 16.0 Å². The second kappa shape index (κ2) is 6.10. The van der Waals surface area contributed by atoms with E-state index in [1.807, 2.05) is 0 Å². The Morgan fingerprint density at radius 2 is 1.85 bits per heavy atom. The van der Waals surface area contributed by atoms with E-state index in [9.17, 15) is 22.8 Å².